The average molecular weight is 519 g/mol. The minimum Gasteiger partial charge on any atom is -0.506 e. The van der Waals surface area contributed by atoms with Gasteiger partial charge < -0.3 is 20.6 Å². The van der Waals surface area contributed by atoms with Gasteiger partial charge in [-0.25, -0.2) is 9.67 Å². The van der Waals surface area contributed by atoms with E-state index in [0.29, 0.717) is 44.1 Å². The van der Waals surface area contributed by atoms with Crippen molar-refractivity contribution in [3.05, 3.63) is 76.2 Å². The molecule has 1 saturated carbocycles. The number of amides is 2. The van der Waals surface area contributed by atoms with E-state index >= 15 is 0 Å². The Hall–Kier alpha value is -3.85. The van der Waals surface area contributed by atoms with Gasteiger partial charge in [-0.15, -0.1) is 0 Å². The van der Waals surface area contributed by atoms with Gasteiger partial charge in [0.05, 0.1) is 23.0 Å². The quantitative estimate of drug-likeness (QED) is 0.404. The summed E-state index contributed by atoms with van der Waals surface area (Å²) < 4.78 is 1.81. The zero-order chi connectivity index (χ0) is 25.8. The third kappa shape index (κ3) is 4.03. The van der Waals surface area contributed by atoms with Gasteiger partial charge in [0.25, 0.3) is 5.91 Å². The van der Waals surface area contributed by atoms with Crippen molar-refractivity contribution < 1.29 is 14.7 Å². The molecule has 3 aromatic rings. The summed E-state index contributed by atoms with van der Waals surface area (Å²) in [6, 6.07) is 8.50. The zero-order valence-corrected chi connectivity index (χ0v) is 21.0. The second-order valence-corrected chi connectivity index (χ2v) is 10.2. The maximum absolute atomic E-state index is 13.7. The Bertz CT molecular complexity index is 1450. The largest absolute Gasteiger partial charge is 0.506 e. The molecule has 1 aromatic carbocycles. The van der Waals surface area contributed by atoms with Crippen LogP contribution < -0.4 is 5.73 Å². The highest BCUT2D eigenvalue weighted by molar-refractivity contribution is 6.29. The minimum atomic E-state index is -0.436. The molecule has 3 aliphatic rings. The average Bonchev–Trinajstić information content (AvgIpc) is 3.69. The number of carbonyl (C=O) groups is 2. The molecule has 6 rings (SSSR count). The number of nitrogens with two attached hydrogens (primary N) is 1. The van der Waals surface area contributed by atoms with E-state index in [1.165, 1.54) is 6.08 Å². The Labute approximate surface area is 219 Å². The highest BCUT2D eigenvalue weighted by Crippen LogP contribution is 2.43. The number of rotatable bonds is 4. The highest BCUT2D eigenvalue weighted by atomic mass is 35.5. The van der Waals surface area contributed by atoms with Gasteiger partial charge in [-0.2, -0.15) is 5.10 Å². The van der Waals surface area contributed by atoms with Crippen molar-refractivity contribution in [3.63, 3.8) is 0 Å². The minimum absolute atomic E-state index is 0.0625. The summed E-state index contributed by atoms with van der Waals surface area (Å²) in [5.74, 6) is 0.309. The van der Waals surface area contributed by atoms with Crippen LogP contribution in [0, 0.1) is 0 Å². The molecule has 3 N–H and O–H groups in total. The van der Waals surface area contributed by atoms with Crippen LogP contribution in [-0.4, -0.2) is 61.1 Å². The van der Waals surface area contributed by atoms with Crippen LogP contribution >= 0.6 is 11.6 Å². The summed E-state index contributed by atoms with van der Waals surface area (Å²) in [7, 11) is 0. The van der Waals surface area contributed by atoms with Crippen molar-refractivity contribution in [1.29, 1.82) is 0 Å². The topological polar surface area (TPSA) is 118 Å². The van der Waals surface area contributed by atoms with Crippen molar-refractivity contribution in [2.24, 2.45) is 0 Å². The number of benzene rings is 1. The summed E-state index contributed by atoms with van der Waals surface area (Å²) in [4.78, 5) is 33.8. The van der Waals surface area contributed by atoms with Crippen LogP contribution in [0.15, 0.2) is 43.0 Å². The number of phenolic OH excluding ortho intramolecular Hbond substituents is 1. The maximum atomic E-state index is 13.7. The molecular formula is C27H27ClN6O3. The fourth-order valence-electron chi connectivity index (χ4n) is 5.54. The monoisotopic (exact) mass is 518 g/mol. The standard InChI is InChI=1S/C27H27ClN6O3/c1-2-24(36)32-11-9-18-25-20(34(31-18)19-7-5-16(13-22(19)35)15-3-4-15)10-12-33(21(25)14-32)27(37)17-6-8-23(28)30-26(17)29/h2,5-8,13,15,21,35H,1,3-4,9-12,14H2,(H2,29,30). The summed E-state index contributed by atoms with van der Waals surface area (Å²) in [6.07, 6.45) is 4.65. The van der Waals surface area contributed by atoms with E-state index < -0.39 is 6.04 Å². The molecular weight excluding hydrogens is 492 g/mol. The van der Waals surface area contributed by atoms with Gasteiger partial charge in [-0.1, -0.05) is 24.2 Å². The molecule has 10 heteroatoms. The first-order chi connectivity index (χ1) is 17.9. The lowest BCUT2D eigenvalue weighted by molar-refractivity contribution is -0.126. The lowest BCUT2D eigenvalue weighted by atomic mass is 9.94. The Morgan fingerprint density at radius 2 is 1.97 bits per heavy atom. The number of carbonyl (C=O) groups excluding carboxylic acids is 2. The van der Waals surface area contributed by atoms with Gasteiger partial charge in [-0.05, 0) is 54.7 Å². The van der Waals surface area contributed by atoms with Crippen LogP contribution in [-0.2, 0) is 17.6 Å². The molecule has 0 spiro atoms. The number of aromatic hydroxyl groups is 1. The predicted octanol–water partition coefficient (Wildman–Crippen LogP) is 3.40. The normalized spacial score (nSPS) is 18.8. The number of hydrogen-bond donors (Lipinski definition) is 2. The van der Waals surface area contributed by atoms with E-state index in [4.69, 9.17) is 22.4 Å². The van der Waals surface area contributed by atoms with Crippen LogP contribution in [0.1, 0.15) is 57.7 Å². The fourth-order valence-corrected chi connectivity index (χ4v) is 5.70. The zero-order valence-electron chi connectivity index (χ0n) is 20.2. The van der Waals surface area contributed by atoms with Crippen molar-refractivity contribution in [2.75, 3.05) is 25.4 Å². The molecule has 1 atom stereocenters. The molecule has 1 unspecified atom stereocenters. The van der Waals surface area contributed by atoms with Crippen molar-refractivity contribution in [1.82, 2.24) is 24.6 Å². The number of phenols is 1. The molecule has 0 saturated heterocycles. The number of aromatic nitrogens is 3. The fraction of sp³-hybridized carbons (Fsp3) is 0.333. The van der Waals surface area contributed by atoms with Gasteiger partial charge in [0.1, 0.15) is 22.4 Å². The molecule has 0 bridgehead atoms. The Morgan fingerprint density at radius 3 is 2.68 bits per heavy atom. The summed E-state index contributed by atoms with van der Waals surface area (Å²) >= 11 is 5.95. The number of halogens is 1. The predicted molar refractivity (Wildman–Crippen MR) is 139 cm³/mol. The first-order valence-corrected chi connectivity index (χ1v) is 12.8. The third-order valence-corrected chi connectivity index (χ3v) is 7.76. The van der Waals surface area contributed by atoms with E-state index in [-0.39, 0.29) is 34.1 Å². The number of anilines is 1. The van der Waals surface area contributed by atoms with Crippen LogP contribution in [0.25, 0.3) is 5.69 Å². The van der Waals surface area contributed by atoms with E-state index in [1.807, 2.05) is 16.8 Å². The molecule has 1 aliphatic carbocycles. The first-order valence-electron chi connectivity index (χ1n) is 12.4. The van der Waals surface area contributed by atoms with Crippen LogP contribution in [0.4, 0.5) is 5.82 Å². The van der Waals surface area contributed by atoms with E-state index in [9.17, 15) is 14.7 Å². The summed E-state index contributed by atoms with van der Waals surface area (Å²) in [6.45, 7) is 4.78. The Balaban J connectivity index is 1.43. The van der Waals surface area contributed by atoms with Crippen molar-refractivity contribution >= 4 is 29.2 Å². The van der Waals surface area contributed by atoms with E-state index in [1.54, 1.807) is 21.9 Å². The van der Waals surface area contributed by atoms with Crippen LogP contribution in [0.2, 0.25) is 5.15 Å². The highest BCUT2D eigenvalue weighted by Gasteiger charge is 2.40. The molecule has 2 aliphatic heterocycles. The molecule has 9 nitrogen and oxygen atoms in total. The van der Waals surface area contributed by atoms with Crippen LogP contribution in [0.3, 0.4) is 0 Å². The number of nitrogens with zero attached hydrogens (tertiary/aromatic N) is 5. The molecule has 1 fully saturated rings. The maximum Gasteiger partial charge on any atom is 0.258 e. The SMILES string of the molecule is C=CC(=O)N1CCc2nn(-c3ccc(C4CC4)cc3O)c3c2C(C1)N(C(=O)c1ccc(Cl)nc1N)CC3. The Kier molecular flexibility index (Phi) is 5.67. The van der Waals surface area contributed by atoms with E-state index in [2.05, 4.69) is 17.6 Å². The summed E-state index contributed by atoms with van der Waals surface area (Å²) in [5, 5.41) is 16.0. The third-order valence-electron chi connectivity index (χ3n) is 7.55. The number of pyridine rings is 1. The van der Waals surface area contributed by atoms with Crippen molar-refractivity contribution in [2.45, 2.75) is 37.6 Å². The van der Waals surface area contributed by atoms with Crippen LogP contribution in [0.5, 0.6) is 5.75 Å². The van der Waals surface area contributed by atoms with Gasteiger partial charge in [-0.3, -0.25) is 9.59 Å². The number of nitrogen functional groups attached to an aromatic ring is 1. The lowest BCUT2D eigenvalue weighted by Crippen LogP contribution is -2.46. The molecule has 2 amide bonds. The number of hydrogen-bond acceptors (Lipinski definition) is 6. The second kappa shape index (κ2) is 8.92. The van der Waals surface area contributed by atoms with Gasteiger partial charge >= 0.3 is 0 Å². The first kappa shape index (κ1) is 23.5. The molecule has 0 radical (unpaired) electrons. The van der Waals surface area contributed by atoms with Gasteiger partial charge in [0.15, 0.2) is 0 Å². The second-order valence-electron chi connectivity index (χ2n) is 9.81. The van der Waals surface area contributed by atoms with E-state index in [0.717, 1.165) is 35.4 Å². The smallest absolute Gasteiger partial charge is 0.258 e. The van der Waals surface area contributed by atoms with Gasteiger partial charge in [0.2, 0.25) is 5.91 Å². The van der Waals surface area contributed by atoms with Gasteiger partial charge in [0, 0.05) is 38.0 Å². The van der Waals surface area contributed by atoms with Crippen molar-refractivity contribution in [3.8, 4) is 11.4 Å². The molecule has 37 heavy (non-hydrogen) atoms. The summed E-state index contributed by atoms with van der Waals surface area (Å²) in [5.41, 5.74) is 10.8. The lowest BCUT2D eigenvalue weighted by Gasteiger charge is -2.38. The Morgan fingerprint density at radius 1 is 1.16 bits per heavy atom. The molecule has 2 aromatic heterocycles. The molecule has 190 valence electrons. The molecule has 4 heterocycles.